The molecule has 4 nitrogen and oxygen atoms in total. The maximum atomic E-state index is 12.6. The minimum absolute atomic E-state index is 0.0677. The van der Waals surface area contributed by atoms with E-state index in [1.165, 1.54) is 5.56 Å². The first-order chi connectivity index (χ1) is 9.97. The van der Waals surface area contributed by atoms with Crippen LogP contribution in [0.1, 0.15) is 47.2 Å². The van der Waals surface area contributed by atoms with Crippen molar-refractivity contribution in [3.05, 3.63) is 34.9 Å². The highest BCUT2D eigenvalue weighted by Gasteiger charge is 2.24. The smallest absolute Gasteiger partial charge is 0.303 e. The number of carbonyl (C=O) groups is 2. The lowest BCUT2D eigenvalue weighted by atomic mass is 9.93. The maximum absolute atomic E-state index is 12.6. The van der Waals surface area contributed by atoms with Gasteiger partial charge >= 0.3 is 5.97 Å². The average Bonchev–Trinajstić information content (AvgIpc) is 2.47. The van der Waals surface area contributed by atoms with Crippen LogP contribution in [0.5, 0.6) is 0 Å². The van der Waals surface area contributed by atoms with Gasteiger partial charge in [0.15, 0.2) is 0 Å². The summed E-state index contributed by atoms with van der Waals surface area (Å²) >= 11 is 0. The summed E-state index contributed by atoms with van der Waals surface area (Å²) in [6.07, 6.45) is 2.83. The van der Waals surface area contributed by atoms with Crippen molar-refractivity contribution in [2.24, 2.45) is 5.92 Å². The molecule has 1 aliphatic heterocycles. The first kappa shape index (κ1) is 15.5. The zero-order valence-electron chi connectivity index (χ0n) is 12.8. The standard InChI is InChI=1S/C17H23NO3/c1-12-5-7-15(10-13(12)2)17(21)18-9-3-4-14(11-18)6-8-16(19)20/h5,7,10,14H,3-4,6,8-9,11H2,1-2H3,(H,19,20)/t14-/m1/s1. The molecule has 1 fully saturated rings. The monoisotopic (exact) mass is 289 g/mol. The van der Waals surface area contributed by atoms with Crippen molar-refractivity contribution in [3.63, 3.8) is 0 Å². The summed E-state index contributed by atoms with van der Waals surface area (Å²) in [6.45, 7) is 5.50. The number of rotatable bonds is 4. The molecule has 0 unspecified atom stereocenters. The fraction of sp³-hybridized carbons (Fsp3) is 0.529. The summed E-state index contributed by atoms with van der Waals surface area (Å²) in [6, 6.07) is 5.80. The highest BCUT2D eigenvalue weighted by molar-refractivity contribution is 5.94. The molecule has 1 heterocycles. The first-order valence-corrected chi connectivity index (χ1v) is 7.55. The topological polar surface area (TPSA) is 57.6 Å². The number of aryl methyl sites for hydroxylation is 2. The third-order valence-corrected chi connectivity index (χ3v) is 4.33. The van der Waals surface area contributed by atoms with Gasteiger partial charge in [0.05, 0.1) is 0 Å². The van der Waals surface area contributed by atoms with E-state index in [0.717, 1.165) is 30.5 Å². The van der Waals surface area contributed by atoms with Gasteiger partial charge in [-0.25, -0.2) is 0 Å². The molecule has 0 saturated carbocycles. The third kappa shape index (κ3) is 4.06. The van der Waals surface area contributed by atoms with Gasteiger partial charge in [-0.3, -0.25) is 9.59 Å². The fourth-order valence-electron chi connectivity index (χ4n) is 2.87. The summed E-state index contributed by atoms with van der Waals surface area (Å²) in [7, 11) is 0. The molecule has 1 amide bonds. The molecule has 1 aromatic rings. The number of hydrogen-bond donors (Lipinski definition) is 1. The lowest BCUT2D eigenvalue weighted by Crippen LogP contribution is -2.40. The predicted octanol–water partition coefficient (Wildman–Crippen LogP) is 3.02. The van der Waals surface area contributed by atoms with Crippen LogP contribution in [0.25, 0.3) is 0 Å². The van der Waals surface area contributed by atoms with E-state index >= 15 is 0 Å². The number of likely N-dealkylation sites (tertiary alicyclic amines) is 1. The van der Waals surface area contributed by atoms with Gasteiger partial charge in [0.25, 0.3) is 5.91 Å². The molecule has 1 saturated heterocycles. The quantitative estimate of drug-likeness (QED) is 0.927. The van der Waals surface area contributed by atoms with Crippen LogP contribution in [0.4, 0.5) is 0 Å². The molecule has 2 rings (SSSR count). The molecule has 1 N–H and O–H groups in total. The Morgan fingerprint density at radius 3 is 2.71 bits per heavy atom. The first-order valence-electron chi connectivity index (χ1n) is 7.55. The van der Waals surface area contributed by atoms with Gasteiger partial charge in [0, 0.05) is 25.1 Å². The molecule has 4 heteroatoms. The Morgan fingerprint density at radius 1 is 1.29 bits per heavy atom. The third-order valence-electron chi connectivity index (χ3n) is 4.33. The molecular formula is C17H23NO3. The van der Waals surface area contributed by atoms with Gasteiger partial charge in [-0.1, -0.05) is 6.07 Å². The van der Waals surface area contributed by atoms with Crippen LogP contribution in [-0.2, 0) is 4.79 Å². The molecular weight excluding hydrogens is 266 g/mol. The largest absolute Gasteiger partial charge is 0.481 e. The number of aliphatic carboxylic acids is 1. The van der Waals surface area contributed by atoms with Crippen molar-refractivity contribution in [2.75, 3.05) is 13.1 Å². The Balaban J connectivity index is 2.01. The van der Waals surface area contributed by atoms with Crippen LogP contribution in [0.15, 0.2) is 18.2 Å². The Kier molecular flexibility index (Phi) is 4.99. The number of piperidine rings is 1. The van der Waals surface area contributed by atoms with Crippen LogP contribution >= 0.6 is 0 Å². The molecule has 0 aromatic heterocycles. The van der Waals surface area contributed by atoms with Crippen molar-refractivity contribution in [3.8, 4) is 0 Å². The number of benzene rings is 1. The van der Waals surface area contributed by atoms with Crippen LogP contribution < -0.4 is 0 Å². The molecule has 1 aromatic carbocycles. The molecule has 0 radical (unpaired) electrons. The average molecular weight is 289 g/mol. The van der Waals surface area contributed by atoms with Gasteiger partial charge in [0.2, 0.25) is 0 Å². The Hall–Kier alpha value is -1.84. The molecule has 0 aliphatic carbocycles. The Morgan fingerprint density at radius 2 is 2.05 bits per heavy atom. The number of carboxylic acid groups (broad SMARTS) is 1. The zero-order valence-corrected chi connectivity index (χ0v) is 12.8. The van der Waals surface area contributed by atoms with E-state index in [0.29, 0.717) is 18.9 Å². The highest BCUT2D eigenvalue weighted by atomic mass is 16.4. The number of carbonyl (C=O) groups excluding carboxylic acids is 1. The van der Waals surface area contributed by atoms with Crippen molar-refractivity contribution in [1.82, 2.24) is 4.90 Å². The molecule has 0 bridgehead atoms. The normalized spacial score (nSPS) is 18.6. The van der Waals surface area contributed by atoms with Gasteiger partial charge in [0.1, 0.15) is 0 Å². The fourth-order valence-corrected chi connectivity index (χ4v) is 2.87. The van der Waals surface area contributed by atoms with Crippen LogP contribution in [-0.4, -0.2) is 35.0 Å². The van der Waals surface area contributed by atoms with Gasteiger partial charge in [-0.2, -0.15) is 0 Å². The van der Waals surface area contributed by atoms with Crippen molar-refractivity contribution in [1.29, 1.82) is 0 Å². The summed E-state index contributed by atoms with van der Waals surface area (Å²) < 4.78 is 0. The second-order valence-electron chi connectivity index (χ2n) is 5.99. The predicted molar refractivity (Wildman–Crippen MR) is 81.4 cm³/mol. The van der Waals surface area contributed by atoms with Gasteiger partial charge in [-0.05, 0) is 62.3 Å². The molecule has 1 aliphatic rings. The van der Waals surface area contributed by atoms with E-state index < -0.39 is 5.97 Å². The number of nitrogens with zero attached hydrogens (tertiary/aromatic N) is 1. The van der Waals surface area contributed by atoms with E-state index in [1.807, 2.05) is 36.9 Å². The van der Waals surface area contributed by atoms with E-state index in [-0.39, 0.29) is 12.3 Å². The number of amides is 1. The van der Waals surface area contributed by atoms with Crippen LogP contribution in [0.3, 0.4) is 0 Å². The van der Waals surface area contributed by atoms with Crippen LogP contribution in [0.2, 0.25) is 0 Å². The maximum Gasteiger partial charge on any atom is 0.303 e. The Labute approximate surface area is 125 Å². The minimum Gasteiger partial charge on any atom is -0.481 e. The number of hydrogen-bond acceptors (Lipinski definition) is 2. The lowest BCUT2D eigenvalue weighted by Gasteiger charge is -2.32. The van der Waals surface area contributed by atoms with E-state index in [4.69, 9.17) is 5.11 Å². The zero-order chi connectivity index (χ0) is 15.4. The highest BCUT2D eigenvalue weighted by Crippen LogP contribution is 2.23. The second kappa shape index (κ2) is 6.74. The molecule has 21 heavy (non-hydrogen) atoms. The lowest BCUT2D eigenvalue weighted by molar-refractivity contribution is -0.137. The summed E-state index contributed by atoms with van der Waals surface area (Å²) in [5.41, 5.74) is 3.04. The van der Waals surface area contributed by atoms with Crippen molar-refractivity contribution >= 4 is 11.9 Å². The van der Waals surface area contributed by atoms with Gasteiger partial charge < -0.3 is 10.0 Å². The summed E-state index contributed by atoms with van der Waals surface area (Å²) in [5.74, 6) is -0.379. The molecule has 114 valence electrons. The van der Waals surface area contributed by atoms with E-state index in [9.17, 15) is 9.59 Å². The van der Waals surface area contributed by atoms with Crippen molar-refractivity contribution < 1.29 is 14.7 Å². The number of carboxylic acids is 1. The van der Waals surface area contributed by atoms with Gasteiger partial charge in [-0.15, -0.1) is 0 Å². The Bertz CT molecular complexity index is 539. The minimum atomic E-state index is -0.757. The van der Waals surface area contributed by atoms with E-state index in [2.05, 4.69) is 0 Å². The summed E-state index contributed by atoms with van der Waals surface area (Å²) in [5, 5.41) is 8.77. The molecule has 1 atom stereocenters. The van der Waals surface area contributed by atoms with Crippen LogP contribution in [0, 0.1) is 19.8 Å². The second-order valence-corrected chi connectivity index (χ2v) is 5.99. The summed E-state index contributed by atoms with van der Waals surface area (Å²) in [4.78, 5) is 25.1. The molecule has 0 spiro atoms. The van der Waals surface area contributed by atoms with E-state index in [1.54, 1.807) is 0 Å². The SMILES string of the molecule is Cc1ccc(C(=O)N2CCC[C@H](CCC(=O)O)C2)cc1C. The van der Waals surface area contributed by atoms with Crippen molar-refractivity contribution in [2.45, 2.75) is 39.5 Å².